The normalized spacial score (nSPS) is 25.8. The average Bonchev–Trinajstić information content (AvgIpc) is 2.32. The lowest BCUT2D eigenvalue weighted by atomic mass is 9.64. The van der Waals surface area contributed by atoms with Crippen LogP contribution in [0.1, 0.15) is 26.7 Å². The fourth-order valence-corrected chi connectivity index (χ4v) is 2.61. The lowest BCUT2D eigenvalue weighted by molar-refractivity contribution is -0.148. The Balaban J connectivity index is 2.12. The molecule has 0 heterocycles. The molecule has 1 saturated carbocycles. The van der Waals surface area contributed by atoms with E-state index in [9.17, 15) is 9.90 Å². The highest BCUT2D eigenvalue weighted by Gasteiger charge is 2.51. The molecule has 104 valence electrons. The Kier molecular flexibility index (Phi) is 3.69. The summed E-state index contributed by atoms with van der Waals surface area (Å²) >= 11 is 0. The molecule has 0 radical (unpaired) electrons. The SMILES string of the molecule is COc1cccc(NC2(C(=O)O)CC(C(C)C)C2)c1. The summed E-state index contributed by atoms with van der Waals surface area (Å²) in [5.74, 6) is 0.964. The van der Waals surface area contributed by atoms with Gasteiger partial charge in [-0.3, -0.25) is 0 Å². The second-order valence-electron chi connectivity index (χ2n) is 5.66. The molecule has 0 spiro atoms. The number of aliphatic carboxylic acids is 1. The fraction of sp³-hybridized carbons (Fsp3) is 0.533. The molecule has 1 aromatic rings. The molecule has 19 heavy (non-hydrogen) atoms. The molecule has 1 aromatic carbocycles. The highest BCUT2D eigenvalue weighted by molar-refractivity contribution is 5.84. The minimum absolute atomic E-state index is 0.481. The number of hydrogen-bond donors (Lipinski definition) is 2. The zero-order valence-electron chi connectivity index (χ0n) is 11.6. The first kappa shape index (κ1) is 13.7. The quantitative estimate of drug-likeness (QED) is 0.857. The maximum atomic E-state index is 11.5. The van der Waals surface area contributed by atoms with Gasteiger partial charge in [0.2, 0.25) is 0 Å². The van der Waals surface area contributed by atoms with E-state index in [1.807, 2.05) is 24.3 Å². The van der Waals surface area contributed by atoms with Crippen molar-refractivity contribution in [3.63, 3.8) is 0 Å². The molecule has 0 unspecified atom stereocenters. The van der Waals surface area contributed by atoms with Gasteiger partial charge in [-0.25, -0.2) is 4.79 Å². The molecule has 2 rings (SSSR count). The monoisotopic (exact) mass is 263 g/mol. The van der Waals surface area contributed by atoms with Gasteiger partial charge in [-0.15, -0.1) is 0 Å². The number of rotatable bonds is 5. The van der Waals surface area contributed by atoms with Crippen LogP contribution in [0.25, 0.3) is 0 Å². The van der Waals surface area contributed by atoms with Crippen LogP contribution in [0.4, 0.5) is 5.69 Å². The highest BCUT2D eigenvalue weighted by atomic mass is 16.5. The van der Waals surface area contributed by atoms with Crippen LogP contribution in [-0.2, 0) is 4.79 Å². The van der Waals surface area contributed by atoms with E-state index in [1.54, 1.807) is 7.11 Å². The predicted molar refractivity (Wildman–Crippen MR) is 74.5 cm³/mol. The maximum absolute atomic E-state index is 11.5. The van der Waals surface area contributed by atoms with Crippen LogP contribution in [0.3, 0.4) is 0 Å². The van der Waals surface area contributed by atoms with E-state index in [0.29, 0.717) is 24.7 Å². The molecule has 0 aromatic heterocycles. The molecular formula is C15H21NO3. The first-order chi connectivity index (χ1) is 8.97. The van der Waals surface area contributed by atoms with Crippen molar-refractivity contribution in [1.82, 2.24) is 0 Å². The minimum atomic E-state index is -0.818. The Morgan fingerprint density at radius 3 is 2.68 bits per heavy atom. The second kappa shape index (κ2) is 5.11. The molecule has 4 nitrogen and oxygen atoms in total. The van der Waals surface area contributed by atoms with Gasteiger partial charge in [0, 0.05) is 11.8 Å². The molecule has 0 amide bonds. The summed E-state index contributed by atoms with van der Waals surface area (Å²) in [5, 5.41) is 12.6. The van der Waals surface area contributed by atoms with Gasteiger partial charge in [-0.1, -0.05) is 19.9 Å². The maximum Gasteiger partial charge on any atom is 0.329 e. The van der Waals surface area contributed by atoms with E-state index in [1.165, 1.54) is 0 Å². The summed E-state index contributed by atoms with van der Waals surface area (Å²) in [5.41, 5.74) is -0.0228. The number of carboxylic acid groups (broad SMARTS) is 1. The van der Waals surface area contributed by atoms with Crippen LogP contribution in [0, 0.1) is 11.8 Å². The van der Waals surface area contributed by atoms with Crippen molar-refractivity contribution in [2.75, 3.05) is 12.4 Å². The molecule has 0 bridgehead atoms. The Hall–Kier alpha value is -1.71. The molecular weight excluding hydrogens is 242 g/mol. The summed E-state index contributed by atoms with van der Waals surface area (Å²) < 4.78 is 5.15. The molecule has 1 fully saturated rings. The van der Waals surface area contributed by atoms with Gasteiger partial charge in [0.1, 0.15) is 11.3 Å². The van der Waals surface area contributed by atoms with Crippen LogP contribution in [-0.4, -0.2) is 23.7 Å². The van der Waals surface area contributed by atoms with Crippen molar-refractivity contribution in [3.05, 3.63) is 24.3 Å². The van der Waals surface area contributed by atoms with Gasteiger partial charge in [0.25, 0.3) is 0 Å². The summed E-state index contributed by atoms with van der Waals surface area (Å²) in [6, 6.07) is 7.40. The van der Waals surface area contributed by atoms with Gasteiger partial charge in [0.05, 0.1) is 7.11 Å². The van der Waals surface area contributed by atoms with Gasteiger partial charge in [-0.05, 0) is 36.8 Å². The van der Waals surface area contributed by atoms with Crippen LogP contribution >= 0.6 is 0 Å². The second-order valence-corrected chi connectivity index (χ2v) is 5.66. The Morgan fingerprint density at radius 1 is 1.47 bits per heavy atom. The standard InChI is InChI=1S/C15H21NO3/c1-10(2)11-8-15(9-11,14(17)18)16-12-5-4-6-13(7-12)19-3/h4-7,10-11,16H,8-9H2,1-3H3,(H,17,18). The highest BCUT2D eigenvalue weighted by Crippen LogP contribution is 2.44. The number of benzene rings is 1. The molecule has 4 heteroatoms. The summed E-state index contributed by atoms with van der Waals surface area (Å²) in [7, 11) is 1.60. The lowest BCUT2D eigenvalue weighted by Crippen LogP contribution is -2.57. The smallest absolute Gasteiger partial charge is 0.329 e. The zero-order chi connectivity index (χ0) is 14.0. The number of ether oxygens (including phenoxy) is 1. The molecule has 2 N–H and O–H groups in total. The number of anilines is 1. The summed E-state index contributed by atoms with van der Waals surface area (Å²) in [6.07, 6.45) is 1.36. The number of methoxy groups -OCH3 is 1. The molecule has 0 saturated heterocycles. The molecule has 1 aliphatic carbocycles. The largest absolute Gasteiger partial charge is 0.497 e. The molecule has 0 atom stereocenters. The van der Waals surface area contributed by atoms with Crippen molar-refractivity contribution in [2.45, 2.75) is 32.2 Å². The van der Waals surface area contributed by atoms with E-state index < -0.39 is 11.5 Å². The first-order valence-electron chi connectivity index (χ1n) is 6.62. The van der Waals surface area contributed by atoms with Crippen molar-refractivity contribution in [2.24, 2.45) is 11.8 Å². The van der Waals surface area contributed by atoms with Gasteiger partial charge in [0.15, 0.2) is 0 Å². The Labute approximate surface area is 113 Å². The number of carboxylic acids is 1. The number of hydrogen-bond acceptors (Lipinski definition) is 3. The van der Waals surface area contributed by atoms with E-state index >= 15 is 0 Å². The number of nitrogens with one attached hydrogen (secondary N) is 1. The third kappa shape index (κ3) is 2.67. The summed E-state index contributed by atoms with van der Waals surface area (Å²) in [6.45, 7) is 4.28. The van der Waals surface area contributed by atoms with E-state index in [-0.39, 0.29) is 0 Å². The Bertz CT molecular complexity index is 464. The van der Waals surface area contributed by atoms with Crippen molar-refractivity contribution < 1.29 is 14.6 Å². The number of carbonyl (C=O) groups is 1. The van der Waals surface area contributed by atoms with E-state index in [4.69, 9.17) is 4.74 Å². The predicted octanol–water partition coefficient (Wildman–Crippen LogP) is 3.00. The van der Waals surface area contributed by atoms with Crippen LogP contribution < -0.4 is 10.1 Å². The topological polar surface area (TPSA) is 58.6 Å². The third-order valence-corrected chi connectivity index (χ3v) is 4.03. The van der Waals surface area contributed by atoms with Crippen molar-refractivity contribution >= 4 is 11.7 Å². The fourth-order valence-electron chi connectivity index (χ4n) is 2.61. The van der Waals surface area contributed by atoms with Crippen LogP contribution in [0.2, 0.25) is 0 Å². The minimum Gasteiger partial charge on any atom is -0.497 e. The lowest BCUT2D eigenvalue weighted by Gasteiger charge is -2.47. The van der Waals surface area contributed by atoms with E-state index in [0.717, 1.165) is 11.4 Å². The van der Waals surface area contributed by atoms with Crippen molar-refractivity contribution in [1.29, 1.82) is 0 Å². The first-order valence-corrected chi connectivity index (χ1v) is 6.62. The average molecular weight is 263 g/mol. The van der Waals surface area contributed by atoms with Gasteiger partial charge in [-0.2, -0.15) is 0 Å². The Morgan fingerprint density at radius 2 is 2.16 bits per heavy atom. The van der Waals surface area contributed by atoms with Gasteiger partial charge >= 0.3 is 5.97 Å². The van der Waals surface area contributed by atoms with Crippen molar-refractivity contribution in [3.8, 4) is 5.75 Å². The zero-order valence-corrected chi connectivity index (χ0v) is 11.6. The third-order valence-electron chi connectivity index (χ3n) is 4.03. The molecule has 1 aliphatic rings. The van der Waals surface area contributed by atoms with E-state index in [2.05, 4.69) is 19.2 Å². The summed E-state index contributed by atoms with van der Waals surface area (Å²) in [4.78, 5) is 11.5. The van der Waals surface area contributed by atoms with Gasteiger partial charge < -0.3 is 15.2 Å². The molecule has 0 aliphatic heterocycles. The van der Waals surface area contributed by atoms with Crippen LogP contribution in [0.5, 0.6) is 5.75 Å². The van der Waals surface area contributed by atoms with Crippen LogP contribution in [0.15, 0.2) is 24.3 Å².